The summed E-state index contributed by atoms with van der Waals surface area (Å²) in [5.41, 5.74) is 6.60. The van der Waals surface area contributed by atoms with Crippen molar-refractivity contribution < 1.29 is 0 Å². The van der Waals surface area contributed by atoms with Gasteiger partial charge in [0.25, 0.3) is 0 Å². The number of nitrogens with two attached hydrogens (primary N) is 1. The average molecular weight is 180 g/mol. The van der Waals surface area contributed by atoms with Crippen LogP contribution >= 0.6 is 0 Å². The summed E-state index contributed by atoms with van der Waals surface area (Å²) in [6.07, 6.45) is 4.61. The Hall–Kier alpha value is -1.16. The van der Waals surface area contributed by atoms with Crippen molar-refractivity contribution in [3.8, 4) is 0 Å². The molecule has 13 heavy (non-hydrogen) atoms. The van der Waals surface area contributed by atoms with E-state index in [1.807, 2.05) is 17.7 Å². The molecule has 0 aliphatic carbocycles. The van der Waals surface area contributed by atoms with Gasteiger partial charge in [0.1, 0.15) is 6.33 Å². The Bertz CT molecular complexity index is 288. The second kappa shape index (κ2) is 4.77. The highest BCUT2D eigenvalue weighted by Gasteiger charge is 1.99. The minimum atomic E-state index is 0.568. The van der Waals surface area contributed by atoms with E-state index in [0.29, 0.717) is 6.54 Å². The number of rotatable bonds is 4. The number of aryl methyl sites for hydroxylation is 1. The Morgan fingerprint density at radius 3 is 3.08 bits per heavy atom. The molecule has 0 aliphatic heterocycles. The summed E-state index contributed by atoms with van der Waals surface area (Å²) in [7, 11) is 0. The molecule has 72 valence electrons. The van der Waals surface area contributed by atoms with Crippen LogP contribution < -0.4 is 5.73 Å². The predicted octanol–water partition coefficient (Wildman–Crippen LogP) is 1.05. The van der Waals surface area contributed by atoms with Gasteiger partial charge in [-0.25, -0.2) is 9.67 Å². The van der Waals surface area contributed by atoms with Gasteiger partial charge < -0.3 is 5.73 Å². The number of aromatic nitrogens is 3. The first-order chi connectivity index (χ1) is 6.27. The molecule has 0 saturated carbocycles. The lowest BCUT2D eigenvalue weighted by Gasteiger charge is -2.00. The van der Waals surface area contributed by atoms with Crippen LogP contribution in [0.4, 0.5) is 0 Å². The molecule has 0 aliphatic rings. The highest BCUT2D eigenvalue weighted by Crippen LogP contribution is 2.02. The van der Waals surface area contributed by atoms with E-state index in [0.717, 1.165) is 24.4 Å². The quantitative estimate of drug-likeness (QED) is 0.753. The summed E-state index contributed by atoms with van der Waals surface area (Å²) >= 11 is 0. The van der Waals surface area contributed by atoms with E-state index in [-0.39, 0.29) is 0 Å². The van der Waals surface area contributed by atoms with Gasteiger partial charge in [-0.05, 0) is 19.4 Å². The molecule has 2 N–H and O–H groups in total. The summed E-state index contributed by atoms with van der Waals surface area (Å²) < 4.78 is 1.89. The molecule has 0 radical (unpaired) electrons. The van der Waals surface area contributed by atoms with Crippen molar-refractivity contribution in [1.82, 2.24) is 14.8 Å². The molecule has 0 spiro atoms. The Balaban J connectivity index is 2.81. The largest absolute Gasteiger partial charge is 0.327 e. The summed E-state index contributed by atoms with van der Waals surface area (Å²) in [6, 6.07) is 0. The molecule has 0 amide bonds. The van der Waals surface area contributed by atoms with Crippen LogP contribution in [-0.2, 0) is 6.54 Å². The lowest BCUT2D eigenvalue weighted by atomic mass is 10.3. The molecule has 4 nitrogen and oxygen atoms in total. The lowest BCUT2D eigenvalue weighted by molar-refractivity contribution is 0.595. The van der Waals surface area contributed by atoms with Crippen LogP contribution in [0.5, 0.6) is 0 Å². The normalized spacial score (nSPS) is 12.1. The number of hydrogen-bond acceptors (Lipinski definition) is 3. The molecular weight excluding hydrogens is 164 g/mol. The zero-order chi connectivity index (χ0) is 9.68. The smallest absolute Gasteiger partial charge is 0.150 e. The molecule has 0 aromatic carbocycles. The van der Waals surface area contributed by atoms with Gasteiger partial charge in [-0.1, -0.05) is 12.5 Å². The van der Waals surface area contributed by atoms with E-state index in [4.69, 9.17) is 5.73 Å². The topological polar surface area (TPSA) is 56.7 Å². The third kappa shape index (κ3) is 2.66. The monoisotopic (exact) mass is 180 g/mol. The van der Waals surface area contributed by atoms with Crippen LogP contribution in [0.2, 0.25) is 0 Å². The van der Waals surface area contributed by atoms with Crippen LogP contribution in [-0.4, -0.2) is 21.3 Å². The van der Waals surface area contributed by atoms with Gasteiger partial charge in [0, 0.05) is 13.1 Å². The van der Waals surface area contributed by atoms with Gasteiger partial charge in [0.15, 0.2) is 5.82 Å². The van der Waals surface area contributed by atoms with E-state index in [9.17, 15) is 0 Å². The van der Waals surface area contributed by atoms with Crippen molar-refractivity contribution in [2.45, 2.75) is 26.8 Å². The zero-order valence-corrected chi connectivity index (χ0v) is 8.20. The molecule has 0 fully saturated rings. The first-order valence-corrected chi connectivity index (χ1v) is 4.53. The molecule has 0 saturated heterocycles. The molecule has 1 rings (SSSR count). The molecule has 0 unspecified atom stereocenters. The first kappa shape index (κ1) is 9.92. The Morgan fingerprint density at radius 1 is 1.69 bits per heavy atom. The van der Waals surface area contributed by atoms with Crippen LogP contribution in [0.15, 0.2) is 11.9 Å². The van der Waals surface area contributed by atoms with E-state index in [1.54, 1.807) is 6.33 Å². The summed E-state index contributed by atoms with van der Waals surface area (Å²) in [5, 5.41) is 4.11. The molecule has 1 aromatic rings. The van der Waals surface area contributed by atoms with Gasteiger partial charge in [-0.2, -0.15) is 5.10 Å². The predicted molar refractivity (Wildman–Crippen MR) is 53.0 cm³/mol. The second-order valence-electron chi connectivity index (χ2n) is 3.04. The molecule has 1 heterocycles. The maximum Gasteiger partial charge on any atom is 0.150 e. The minimum absolute atomic E-state index is 0.568. The summed E-state index contributed by atoms with van der Waals surface area (Å²) in [5.74, 6) is 0.893. The average Bonchev–Trinajstić information content (AvgIpc) is 2.54. The van der Waals surface area contributed by atoms with Crippen LogP contribution in [0.3, 0.4) is 0 Å². The van der Waals surface area contributed by atoms with Gasteiger partial charge in [0.2, 0.25) is 0 Å². The van der Waals surface area contributed by atoms with Crippen molar-refractivity contribution in [1.29, 1.82) is 0 Å². The molecular formula is C9H16N4. The Morgan fingerprint density at radius 2 is 2.46 bits per heavy atom. The maximum atomic E-state index is 5.49. The van der Waals surface area contributed by atoms with Crippen molar-refractivity contribution in [3.63, 3.8) is 0 Å². The van der Waals surface area contributed by atoms with Gasteiger partial charge >= 0.3 is 0 Å². The molecule has 0 bridgehead atoms. The van der Waals surface area contributed by atoms with Crippen LogP contribution in [0.25, 0.3) is 6.08 Å². The Labute approximate surface area is 78.5 Å². The third-order valence-corrected chi connectivity index (χ3v) is 1.78. The van der Waals surface area contributed by atoms with Crippen molar-refractivity contribution in [2.24, 2.45) is 5.73 Å². The van der Waals surface area contributed by atoms with E-state index < -0.39 is 0 Å². The zero-order valence-electron chi connectivity index (χ0n) is 8.20. The van der Waals surface area contributed by atoms with Crippen LogP contribution in [0, 0.1) is 0 Å². The van der Waals surface area contributed by atoms with E-state index in [2.05, 4.69) is 17.0 Å². The van der Waals surface area contributed by atoms with Crippen molar-refractivity contribution in [3.05, 3.63) is 17.7 Å². The van der Waals surface area contributed by atoms with E-state index in [1.165, 1.54) is 0 Å². The molecule has 0 atom stereocenters. The fourth-order valence-electron chi connectivity index (χ4n) is 1.05. The lowest BCUT2D eigenvalue weighted by Crippen LogP contribution is -2.04. The van der Waals surface area contributed by atoms with Crippen molar-refractivity contribution in [2.75, 3.05) is 6.54 Å². The molecule has 1 aromatic heterocycles. The number of nitrogens with zero attached hydrogens (tertiary/aromatic N) is 3. The van der Waals surface area contributed by atoms with Gasteiger partial charge in [-0.15, -0.1) is 0 Å². The molecule has 4 heteroatoms. The van der Waals surface area contributed by atoms with Crippen LogP contribution in [0.1, 0.15) is 26.1 Å². The van der Waals surface area contributed by atoms with Gasteiger partial charge in [0.05, 0.1) is 0 Å². The highest BCUT2D eigenvalue weighted by atomic mass is 15.3. The number of hydrogen-bond donors (Lipinski definition) is 1. The fourth-order valence-corrected chi connectivity index (χ4v) is 1.05. The summed E-state index contributed by atoms with van der Waals surface area (Å²) in [4.78, 5) is 4.14. The summed E-state index contributed by atoms with van der Waals surface area (Å²) in [6.45, 7) is 5.58. The van der Waals surface area contributed by atoms with E-state index >= 15 is 0 Å². The second-order valence-corrected chi connectivity index (χ2v) is 3.04. The Kier molecular flexibility index (Phi) is 3.64. The maximum absolute atomic E-state index is 5.49. The fraction of sp³-hybridized carbons (Fsp3) is 0.556. The third-order valence-electron chi connectivity index (χ3n) is 1.78. The minimum Gasteiger partial charge on any atom is -0.327 e. The first-order valence-electron chi connectivity index (χ1n) is 4.53. The SMILES string of the molecule is CCCn1ncnc1/C=C(/C)CN. The standard InChI is InChI=1S/C9H16N4/c1-3-4-13-9(11-7-12-13)5-8(2)6-10/h5,7H,3-4,6,10H2,1-2H3/b8-5-. The highest BCUT2D eigenvalue weighted by molar-refractivity contribution is 5.44. The van der Waals surface area contributed by atoms with Crippen molar-refractivity contribution >= 4 is 6.08 Å². The van der Waals surface area contributed by atoms with Gasteiger partial charge in [-0.3, -0.25) is 0 Å².